The van der Waals surface area contributed by atoms with Gasteiger partial charge in [-0.2, -0.15) is 5.26 Å². The zero-order valence-electron chi connectivity index (χ0n) is 20.0. The van der Waals surface area contributed by atoms with Crippen LogP contribution in [0.2, 0.25) is 5.02 Å². The number of carbonyl (C=O) groups is 3. The van der Waals surface area contributed by atoms with Crippen molar-refractivity contribution >= 4 is 35.1 Å². The van der Waals surface area contributed by atoms with Crippen molar-refractivity contribution in [1.29, 1.82) is 5.26 Å². The Hall–Kier alpha value is -4.15. The van der Waals surface area contributed by atoms with Crippen molar-refractivity contribution in [2.45, 2.75) is 37.4 Å². The van der Waals surface area contributed by atoms with E-state index >= 15 is 0 Å². The van der Waals surface area contributed by atoms with Crippen LogP contribution in [-0.4, -0.2) is 52.3 Å². The van der Waals surface area contributed by atoms with E-state index in [4.69, 9.17) is 11.6 Å². The molecule has 0 spiro atoms. The quantitative estimate of drug-likeness (QED) is 0.485. The fourth-order valence-corrected chi connectivity index (χ4v) is 6.27. The lowest BCUT2D eigenvalue weighted by atomic mass is 9.89. The zero-order valence-corrected chi connectivity index (χ0v) is 20.8. The average Bonchev–Trinajstić information content (AvgIpc) is 3.59. The van der Waals surface area contributed by atoms with Crippen molar-refractivity contribution in [3.63, 3.8) is 0 Å². The fourth-order valence-electron chi connectivity index (χ4n) is 6.07. The topological polar surface area (TPSA) is 84.7 Å². The molecular weight excluding hydrogens is 488 g/mol. The Bertz CT molecular complexity index is 1430. The summed E-state index contributed by atoms with van der Waals surface area (Å²) in [5.74, 6) is -0.936. The summed E-state index contributed by atoms with van der Waals surface area (Å²) in [5, 5.41) is 9.50. The van der Waals surface area contributed by atoms with Crippen LogP contribution in [-0.2, 0) is 9.59 Å². The molecule has 184 valence electrons. The molecule has 0 saturated carbocycles. The molecule has 0 aliphatic carbocycles. The number of nitrogens with zero attached hydrogens (tertiary/aromatic N) is 4. The van der Waals surface area contributed by atoms with Crippen LogP contribution in [0.4, 0.5) is 10.5 Å². The summed E-state index contributed by atoms with van der Waals surface area (Å²) in [4.78, 5) is 45.8. The molecule has 7 nitrogen and oxygen atoms in total. The number of anilines is 1. The molecule has 3 heterocycles. The van der Waals surface area contributed by atoms with E-state index in [2.05, 4.69) is 0 Å². The third-order valence-electron chi connectivity index (χ3n) is 7.78. The van der Waals surface area contributed by atoms with E-state index in [0.29, 0.717) is 24.2 Å². The molecule has 4 amide bonds. The lowest BCUT2D eigenvalue weighted by molar-refractivity contribution is -0.136. The first-order valence-corrected chi connectivity index (χ1v) is 12.6. The second-order valence-corrected chi connectivity index (χ2v) is 10.1. The molecule has 3 aliphatic rings. The maximum absolute atomic E-state index is 14.1. The second kappa shape index (κ2) is 8.75. The minimum absolute atomic E-state index is 0.0687. The van der Waals surface area contributed by atoms with Gasteiger partial charge in [-0.05, 0) is 42.2 Å². The summed E-state index contributed by atoms with van der Waals surface area (Å²) in [7, 11) is 0. The van der Waals surface area contributed by atoms with Crippen LogP contribution in [0.1, 0.15) is 34.6 Å². The Kier molecular flexibility index (Phi) is 5.50. The Morgan fingerprint density at radius 2 is 1.62 bits per heavy atom. The molecule has 3 saturated heterocycles. The van der Waals surface area contributed by atoms with Crippen LogP contribution in [0.3, 0.4) is 0 Å². The van der Waals surface area contributed by atoms with Gasteiger partial charge in [-0.25, -0.2) is 9.69 Å². The number of benzene rings is 3. The second-order valence-electron chi connectivity index (χ2n) is 9.69. The molecular formula is C29H23ClN4O3. The Morgan fingerprint density at radius 3 is 2.22 bits per heavy atom. The molecule has 3 fully saturated rings. The van der Waals surface area contributed by atoms with E-state index in [9.17, 15) is 19.6 Å². The summed E-state index contributed by atoms with van der Waals surface area (Å²) in [6.07, 6.45) is 0.575. The molecule has 2 bridgehead atoms. The predicted molar refractivity (Wildman–Crippen MR) is 138 cm³/mol. The summed E-state index contributed by atoms with van der Waals surface area (Å²) >= 11 is 6.34. The molecule has 0 radical (unpaired) electrons. The van der Waals surface area contributed by atoms with Gasteiger partial charge in [0.2, 0.25) is 5.91 Å². The van der Waals surface area contributed by atoms with Crippen molar-refractivity contribution in [3.8, 4) is 6.07 Å². The van der Waals surface area contributed by atoms with Gasteiger partial charge in [0, 0.05) is 6.54 Å². The number of rotatable bonds is 4. The Morgan fingerprint density at radius 1 is 1.00 bits per heavy atom. The molecule has 3 aromatic carbocycles. The number of hydrogen-bond donors (Lipinski definition) is 0. The summed E-state index contributed by atoms with van der Waals surface area (Å²) in [6, 6.07) is 22.6. The van der Waals surface area contributed by atoms with E-state index in [-0.39, 0.29) is 28.4 Å². The standard InChI is InChI=1S/C29H23ClN4O3/c1-17-22(13-12-20(15-31)25(17)30)34-28(36)26-23-14-21(33(26)29(34)37)16-32(23)27(35)24(18-8-4-2-5-9-18)19-10-6-3-7-11-19/h2-13,21,23-24,26H,14,16H2,1H3/t21-,23?,26+/m1/s1. The van der Waals surface area contributed by atoms with Crippen LogP contribution in [0.5, 0.6) is 0 Å². The summed E-state index contributed by atoms with van der Waals surface area (Å²) in [6.45, 7) is 2.08. The number of carbonyl (C=O) groups excluding carboxylic acids is 3. The lowest BCUT2D eigenvalue weighted by Crippen LogP contribution is -2.55. The number of imide groups is 1. The van der Waals surface area contributed by atoms with Crippen molar-refractivity contribution in [1.82, 2.24) is 9.80 Å². The number of hydrogen-bond acceptors (Lipinski definition) is 4. The Labute approximate surface area is 219 Å². The van der Waals surface area contributed by atoms with E-state index in [1.807, 2.05) is 66.7 Å². The maximum atomic E-state index is 14.1. The van der Waals surface area contributed by atoms with Gasteiger partial charge in [-0.15, -0.1) is 0 Å². The van der Waals surface area contributed by atoms with Gasteiger partial charge in [0.05, 0.1) is 34.3 Å². The molecule has 8 heteroatoms. The predicted octanol–water partition coefficient (Wildman–Crippen LogP) is 4.47. The number of halogens is 1. The highest BCUT2D eigenvalue weighted by molar-refractivity contribution is 6.33. The molecule has 0 N–H and O–H groups in total. The van der Waals surface area contributed by atoms with Gasteiger partial charge in [0.1, 0.15) is 12.1 Å². The zero-order chi connectivity index (χ0) is 25.8. The molecule has 3 aliphatic heterocycles. The summed E-state index contributed by atoms with van der Waals surface area (Å²) < 4.78 is 0. The third kappa shape index (κ3) is 3.44. The highest BCUT2D eigenvalue weighted by Gasteiger charge is 2.63. The first-order valence-electron chi connectivity index (χ1n) is 12.2. The maximum Gasteiger partial charge on any atom is 0.332 e. The van der Waals surface area contributed by atoms with Crippen LogP contribution < -0.4 is 4.90 Å². The van der Waals surface area contributed by atoms with Gasteiger partial charge in [0.15, 0.2) is 0 Å². The van der Waals surface area contributed by atoms with Gasteiger partial charge in [-0.1, -0.05) is 72.3 Å². The van der Waals surface area contributed by atoms with Gasteiger partial charge >= 0.3 is 6.03 Å². The minimum Gasteiger partial charge on any atom is -0.334 e. The number of likely N-dealkylation sites (tertiary alicyclic amines) is 1. The van der Waals surface area contributed by atoms with Gasteiger partial charge in [0.25, 0.3) is 5.91 Å². The first-order chi connectivity index (χ1) is 17.9. The minimum atomic E-state index is -0.740. The van der Waals surface area contributed by atoms with Crippen LogP contribution >= 0.6 is 11.6 Å². The van der Waals surface area contributed by atoms with Crippen molar-refractivity contribution in [3.05, 3.63) is 100 Å². The number of amides is 4. The van der Waals surface area contributed by atoms with Crippen molar-refractivity contribution in [2.75, 3.05) is 11.4 Å². The number of urea groups is 1. The highest BCUT2D eigenvalue weighted by Crippen LogP contribution is 2.45. The fraction of sp³-hybridized carbons (Fsp3) is 0.241. The normalized spacial score (nSPS) is 22.1. The molecule has 0 aromatic heterocycles. The third-order valence-corrected chi connectivity index (χ3v) is 8.27. The molecule has 37 heavy (non-hydrogen) atoms. The van der Waals surface area contributed by atoms with Crippen LogP contribution in [0.25, 0.3) is 0 Å². The van der Waals surface area contributed by atoms with E-state index in [1.165, 1.54) is 6.07 Å². The molecule has 3 atom stereocenters. The van der Waals surface area contributed by atoms with Crippen LogP contribution in [0, 0.1) is 18.3 Å². The monoisotopic (exact) mass is 510 g/mol. The van der Waals surface area contributed by atoms with Gasteiger partial charge < -0.3 is 9.80 Å². The number of nitriles is 1. The summed E-state index contributed by atoms with van der Waals surface area (Å²) in [5.41, 5.74) is 2.93. The van der Waals surface area contributed by atoms with Crippen molar-refractivity contribution < 1.29 is 14.4 Å². The highest BCUT2D eigenvalue weighted by atomic mass is 35.5. The van der Waals surface area contributed by atoms with Crippen LogP contribution in [0.15, 0.2) is 72.8 Å². The largest absolute Gasteiger partial charge is 0.334 e. The van der Waals surface area contributed by atoms with E-state index in [0.717, 1.165) is 16.0 Å². The first kappa shape index (κ1) is 23.3. The molecule has 3 aromatic rings. The lowest BCUT2D eigenvalue weighted by Gasteiger charge is -2.37. The number of piperazine rings is 1. The van der Waals surface area contributed by atoms with Crippen molar-refractivity contribution in [2.24, 2.45) is 0 Å². The SMILES string of the molecule is Cc1c(N2C(=O)[C@@H]3C4C[C@H](CN4C(=O)C(c4ccccc4)c4ccccc4)N3C2=O)ccc(C#N)c1Cl. The number of fused-ring (bicyclic) bond motifs is 5. The van der Waals surface area contributed by atoms with E-state index in [1.54, 1.807) is 22.8 Å². The Balaban J connectivity index is 1.34. The molecule has 6 rings (SSSR count). The average molecular weight is 511 g/mol. The van der Waals surface area contributed by atoms with Gasteiger partial charge in [-0.3, -0.25) is 9.59 Å². The van der Waals surface area contributed by atoms with E-state index < -0.39 is 24.0 Å². The smallest absolute Gasteiger partial charge is 0.332 e. The molecule has 1 unspecified atom stereocenters.